The van der Waals surface area contributed by atoms with E-state index in [0.717, 1.165) is 4.90 Å². The van der Waals surface area contributed by atoms with Gasteiger partial charge in [-0.3, -0.25) is 14.4 Å². The molecule has 1 aliphatic heterocycles. The van der Waals surface area contributed by atoms with Crippen LogP contribution >= 0.6 is 34.8 Å². The van der Waals surface area contributed by atoms with E-state index in [-0.39, 0.29) is 36.9 Å². The number of hydrogen-bond acceptors (Lipinski definition) is 6. The third-order valence-corrected chi connectivity index (χ3v) is 6.71. The molecule has 4 N–H and O–H groups in total. The maximum atomic E-state index is 12.9. The number of halogens is 3. The molecule has 0 radical (unpaired) electrons. The molecule has 0 aromatic heterocycles. The molecule has 36 heavy (non-hydrogen) atoms. The molecule has 3 aromatic rings. The summed E-state index contributed by atoms with van der Waals surface area (Å²) in [6.45, 7) is 0. The van der Waals surface area contributed by atoms with Gasteiger partial charge in [0.25, 0.3) is 17.7 Å². The van der Waals surface area contributed by atoms with Crippen LogP contribution in [0.4, 0.5) is 17.1 Å². The Morgan fingerprint density at radius 2 is 1.36 bits per heavy atom. The summed E-state index contributed by atoms with van der Waals surface area (Å²) in [5.41, 5.74) is 1.05. The highest BCUT2D eigenvalue weighted by molar-refractivity contribution is 7.89. The summed E-state index contributed by atoms with van der Waals surface area (Å²) >= 11 is 18.1. The second-order valence-corrected chi connectivity index (χ2v) is 10.3. The second kappa shape index (κ2) is 9.92. The maximum absolute atomic E-state index is 12.9. The van der Waals surface area contributed by atoms with Crippen LogP contribution in [0.3, 0.4) is 0 Å². The number of amides is 3. The molecule has 0 saturated heterocycles. The van der Waals surface area contributed by atoms with Gasteiger partial charge in [0, 0.05) is 27.0 Å². The van der Waals surface area contributed by atoms with Gasteiger partial charge in [-0.1, -0.05) is 34.8 Å². The summed E-state index contributed by atoms with van der Waals surface area (Å²) in [4.78, 5) is 38.8. The first-order chi connectivity index (χ1) is 16.9. The van der Waals surface area contributed by atoms with E-state index in [1.165, 1.54) is 66.7 Å². The first kappa shape index (κ1) is 25.7. The van der Waals surface area contributed by atoms with Crippen molar-refractivity contribution in [2.75, 3.05) is 15.5 Å². The Morgan fingerprint density at radius 3 is 1.92 bits per heavy atom. The van der Waals surface area contributed by atoms with Gasteiger partial charge in [-0.2, -0.15) is 0 Å². The van der Waals surface area contributed by atoms with Gasteiger partial charge >= 0.3 is 0 Å². The molecular formula is C23H15Cl3N4O5S. The Labute approximate surface area is 220 Å². The van der Waals surface area contributed by atoms with Crippen LogP contribution in [0.2, 0.25) is 10.0 Å². The highest BCUT2D eigenvalue weighted by Crippen LogP contribution is 2.33. The van der Waals surface area contributed by atoms with Gasteiger partial charge in [0.05, 0.1) is 10.6 Å². The molecule has 13 heteroatoms. The van der Waals surface area contributed by atoms with Crippen molar-refractivity contribution in [2.24, 2.45) is 5.14 Å². The summed E-state index contributed by atoms with van der Waals surface area (Å²) in [5.74, 6) is -1.90. The number of nitrogens with two attached hydrogens (primary N) is 1. The van der Waals surface area contributed by atoms with Crippen molar-refractivity contribution in [3.8, 4) is 0 Å². The molecule has 1 heterocycles. The fourth-order valence-corrected chi connectivity index (χ4v) is 4.54. The fraction of sp³-hybridized carbons (Fsp3) is 0. The van der Waals surface area contributed by atoms with Crippen LogP contribution in [0.5, 0.6) is 0 Å². The highest BCUT2D eigenvalue weighted by Gasteiger charge is 2.39. The molecular weight excluding hydrogens is 551 g/mol. The van der Waals surface area contributed by atoms with Crippen molar-refractivity contribution >= 4 is 79.6 Å². The predicted molar refractivity (Wildman–Crippen MR) is 138 cm³/mol. The number of benzene rings is 3. The molecule has 0 saturated carbocycles. The maximum Gasteiger partial charge on any atom is 0.283 e. The zero-order chi connectivity index (χ0) is 26.2. The lowest BCUT2D eigenvalue weighted by Crippen LogP contribution is -2.32. The van der Waals surface area contributed by atoms with Gasteiger partial charge in [0.2, 0.25) is 10.0 Å². The van der Waals surface area contributed by atoms with Crippen LogP contribution in [0.25, 0.3) is 0 Å². The smallest absolute Gasteiger partial charge is 0.283 e. The third kappa shape index (κ3) is 5.38. The normalized spacial score (nSPS) is 13.8. The minimum absolute atomic E-state index is 0.0825. The number of anilines is 3. The van der Waals surface area contributed by atoms with E-state index < -0.39 is 27.7 Å². The standard InChI is InChI=1S/C23H15Cl3N4O5S/c24-13-9-14(25)11-17(10-13)30-22(32)19(26)20(23(30)33)28-15-3-1-12(2-4-15)21(31)29-16-5-7-18(8-6-16)36(27,34)35/h1-11,28H,(H,29,31)(H2,27,34,35). The van der Waals surface area contributed by atoms with E-state index >= 15 is 0 Å². The number of nitrogens with zero attached hydrogens (tertiary/aromatic N) is 1. The van der Waals surface area contributed by atoms with E-state index in [4.69, 9.17) is 39.9 Å². The lowest BCUT2D eigenvalue weighted by atomic mass is 10.2. The number of primary sulfonamides is 1. The Balaban J connectivity index is 1.47. The average molecular weight is 566 g/mol. The summed E-state index contributed by atoms with van der Waals surface area (Å²) in [5, 5.41) is 10.7. The molecule has 3 aromatic carbocycles. The van der Waals surface area contributed by atoms with Gasteiger partial charge in [-0.15, -0.1) is 0 Å². The molecule has 9 nitrogen and oxygen atoms in total. The van der Waals surface area contributed by atoms with Crippen LogP contribution in [-0.2, 0) is 19.6 Å². The van der Waals surface area contributed by atoms with Crippen molar-refractivity contribution in [1.29, 1.82) is 0 Å². The largest absolute Gasteiger partial charge is 0.350 e. The molecule has 184 valence electrons. The molecule has 0 fully saturated rings. The Hall–Kier alpha value is -3.41. The number of carbonyl (C=O) groups excluding carboxylic acids is 3. The monoisotopic (exact) mass is 564 g/mol. The van der Waals surface area contributed by atoms with E-state index in [2.05, 4.69) is 10.6 Å². The van der Waals surface area contributed by atoms with Crippen molar-refractivity contribution in [2.45, 2.75) is 4.90 Å². The molecule has 0 unspecified atom stereocenters. The van der Waals surface area contributed by atoms with Gasteiger partial charge < -0.3 is 10.6 Å². The zero-order valence-electron chi connectivity index (χ0n) is 18.0. The Morgan fingerprint density at radius 1 is 0.806 bits per heavy atom. The average Bonchev–Trinajstić information content (AvgIpc) is 3.01. The highest BCUT2D eigenvalue weighted by atomic mass is 35.5. The van der Waals surface area contributed by atoms with Crippen molar-refractivity contribution < 1.29 is 22.8 Å². The lowest BCUT2D eigenvalue weighted by Gasteiger charge is -2.16. The topological polar surface area (TPSA) is 139 Å². The molecule has 0 bridgehead atoms. The lowest BCUT2D eigenvalue weighted by molar-refractivity contribution is -0.120. The fourth-order valence-electron chi connectivity index (χ4n) is 3.29. The molecule has 4 rings (SSSR count). The number of imide groups is 1. The van der Waals surface area contributed by atoms with Crippen molar-refractivity contribution in [3.63, 3.8) is 0 Å². The van der Waals surface area contributed by atoms with E-state index in [1.54, 1.807) is 0 Å². The Bertz CT molecular complexity index is 1520. The van der Waals surface area contributed by atoms with Gasteiger partial charge in [0.1, 0.15) is 10.7 Å². The van der Waals surface area contributed by atoms with E-state index in [0.29, 0.717) is 11.4 Å². The number of nitrogens with one attached hydrogen (secondary N) is 2. The first-order valence-corrected chi connectivity index (χ1v) is 12.7. The van der Waals surface area contributed by atoms with Crippen LogP contribution in [0.15, 0.2) is 82.4 Å². The number of rotatable bonds is 6. The van der Waals surface area contributed by atoms with Crippen molar-refractivity contribution in [1.82, 2.24) is 0 Å². The molecule has 0 aliphatic carbocycles. The third-order valence-electron chi connectivity index (χ3n) is 4.99. The molecule has 0 spiro atoms. The zero-order valence-corrected chi connectivity index (χ0v) is 21.0. The van der Waals surface area contributed by atoms with Gasteiger partial charge in [-0.25, -0.2) is 18.5 Å². The van der Waals surface area contributed by atoms with Gasteiger partial charge in [-0.05, 0) is 66.7 Å². The minimum atomic E-state index is -3.84. The van der Waals surface area contributed by atoms with Crippen molar-refractivity contribution in [3.05, 3.63) is 93.1 Å². The number of hydrogen-bond donors (Lipinski definition) is 3. The van der Waals surface area contributed by atoms with E-state index in [1.807, 2.05) is 0 Å². The van der Waals surface area contributed by atoms with Crippen LogP contribution in [-0.4, -0.2) is 26.1 Å². The van der Waals surface area contributed by atoms with Crippen LogP contribution in [0.1, 0.15) is 10.4 Å². The minimum Gasteiger partial charge on any atom is -0.350 e. The number of carbonyl (C=O) groups is 3. The SMILES string of the molecule is NS(=O)(=O)c1ccc(NC(=O)c2ccc(NC3=C(Cl)C(=O)N(c4cc(Cl)cc(Cl)c4)C3=O)cc2)cc1. The second-order valence-electron chi connectivity index (χ2n) is 7.49. The summed E-state index contributed by atoms with van der Waals surface area (Å²) in [6, 6.07) is 15.7. The number of sulfonamides is 1. The molecule has 1 aliphatic rings. The molecule has 3 amide bonds. The first-order valence-electron chi connectivity index (χ1n) is 10.00. The summed E-state index contributed by atoms with van der Waals surface area (Å²) in [7, 11) is -3.84. The molecule has 0 atom stereocenters. The quantitative estimate of drug-likeness (QED) is 0.380. The van der Waals surface area contributed by atoms with Gasteiger partial charge in [0.15, 0.2) is 0 Å². The summed E-state index contributed by atoms with van der Waals surface area (Å²) in [6.07, 6.45) is 0. The van der Waals surface area contributed by atoms with E-state index in [9.17, 15) is 22.8 Å². The summed E-state index contributed by atoms with van der Waals surface area (Å²) < 4.78 is 22.7. The Kier molecular flexibility index (Phi) is 7.07. The predicted octanol–water partition coefficient (Wildman–Crippen LogP) is 4.33. The van der Waals surface area contributed by atoms with Crippen LogP contribution < -0.4 is 20.7 Å². The van der Waals surface area contributed by atoms with Crippen LogP contribution in [0, 0.1) is 0 Å².